The van der Waals surface area contributed by atoms with Gasteiger partial charge in [-0.15, -0.1) is 11.3 Å². The molecule has 41 heavy (non-hydrogen) atoms. The number of nitrogens with zero attached hydrogens (tertiary/aromatic N) is 1. The number of hydrogen-bond acceptors (Lipinski definition) is 7. The second-order valence-electron chi connectivity index (χ2n) is 10.8. The summed E-state index contributed by atoms with van der Waals surface area (Å²) in [5.74, 6) is 1.80. The summed E-state index contributed by atoms with van der Waals surface area (Å²) in [5.41, 5.74) is 8.51. The average molecular weight is 565 g/mol. The summed E-state index contributed by atoms with van der Waals surface area (Å²) in [5, 5.41) is 20.7. The largest absolute Gasteiger partial charge is 0.504 e. The number of nitrogens with one attached hydrogen (secondary N) is 1. The average Bonchev–Trinajstić information content (AvgIpc) is 3.41. The van der Waals surface area contributed by atoms with Gasteiger partial charge in [0, 0.05) is 32.8 Å². The van der Waals surface area contributed by atoms with E-state index in [1.165, 1.54) is 0 Å². The molecule has 0 saturated heterocycles. The minimum absolute atomic E-state index is 0.0698. The normalized spacial score (nSPS) is 16.1. The third-order valence-electron chi connectivity index (χ3n) is 7.29. The Kier molecular flexibility index (Phi) is 6.83. The van der Waals surface area contributed by atoms with Crippen LogP contribution in [-0.2, 0) is 11.4 Å². The second-order valence-corrected chi connectivity index (χ2v) is 11.8. The summed E-state index contributed by atoms with van der Waals surface area (Å²) in [4.78, 5) is 6.69. The first-order valence-electron chi connectivity index (χ1n) is 13.5. The van der Waals surface area contributed by atoms with Gasteiger partial charge in [-0.05, 0) is 74.6 Å². The van der Waals surface area contributed by atoms with Crippen molar-refractivity contribution in [3.05, 3.63) is 99.3 Å². The van der Waals surface area contributed by atoms with Gasteiger partial charge < -0.3 is 24.7 Å². The molecule has 0 atom stereocenters. The minimum Gasteiger partial charge on any atom is -0.504 e. The molecule has 0 aliphatic carbocycles. The van der Waals surface area contributed by atoms with Crippen molar-refractivity contribution in [2.45, 2.75) is 39.8 Å². The number of fused-ring (bicyclic) bond motifs is 5. The van der Waals surface area contributed by atoms with Gasteiger partial charge >= 0.3 is 0 Å². The Morgan fingerprint density at radius 2 is 1.85 bits per heavy atom. The van der Waals surface area contributed by atoms with Crippen molar-refractivity contribution in [2.75, 3.05) is 12.4 Å². The number of anilines is 1. The summed E-state index contributed by atoms with van der Waals surface area (Å²) < 4.78 is 12.3. The maximum atomic E-state index is 10.6. The number of ether oxygens (including phenoxy) is 2. The van der Waals surface area contributed by atoms with Crippen LogP contribution in [0.15, 0.2) is 77.3 Å². The number of phenolic OH excluding ortho intramolecular Hbond substituents is 1. The number of phenols is 1. The lowest BCUT2D eigenvalue weighted by Crippen LogP contribution is -2.32. The maximum absolute atomic E-state index is 10.6. The lowest BCUT2D eigenvalue weighted by molar-refractivity contribution is 0.130. The number of thiophene rings is 1. The van der Waals surface area contributed by atoms with Crippen LogP contribution in [0.1, 0.15) is 54.8 Å². The van der Waals surface area contributed by atoms with Gasteiger partial charge in [-0.3, -0.25) is 0 Å². The van der Waals surface area contributed by atoms with E-state index in [4.69, 9.17) is 14.3 Å². The summed E-state index contributed by atoms with van der Waals surface area (Å²) in [6.07, 6.45) is 4.31. The van der Waals surface area contributed by atoms with Gasteiger partial charge in [0.2, 0.25) is 0 Å². The summed E-state index contributed by atoms with van der Waals surface area (Å²) >= 11 is 1.62. The van der Waals surface area contributed by atoms with Crippen molar-refractivity contribution in [2.24, 2.45) is 5.16 Å². The molecule has 0 radical (unpaired) electrons. The van der Waals surface area contributed by atoms with E-state index >= 15 is 0 Å². The number of rotatable bonds is 6. The van der Waals surface area contributed by atoms with Crippen molar-refractivity contribution >= 4 is 40.1 Å². The number of methoxy groups -OCH3 is 1. The van der Waals surface area contributed by atoms with Crippen LogP contribution >= 0.6 is 11.3 Å². The van der Waals surface area contributed by atoms with Crippen molar-refractivity contribution < 1.29 is 19.4 Å². The zero-order valence-corrected chi connectivity index (χ0v) is 24.6. The zero-order valence-electron chi connectivity index (χ0n) is 23.7. The van der Waals surface area contributed by atoms with Crippen LogP contribution in [0.5, 0.6) is 17.2 Å². The van der Waals surface area contributed by atoms with Crippen LogP contribution in [0.3, 0.4) is 0 Å². The molecule has 3 heterocycles. The first kappa shape index (κ1) is 26.7. The van der Waals surface area contributed by atoms with Crippen LogP contribution in [0.4, 0.5) is 5.69 Å². The van der Waals surface area contributed by atoms with E-state index in [0.29, 0.717) is 23.9 Å². The SMILES string of the molecule is COc1c(O)ccc2c1-c1ccc3c(c1/C(=C/c1sccc1/C(C)=N\OCc1ccccc1)O2)C(C)=CC(C)(C)N3. The molecule has 0 fully saturated rings. The number of aromatic hydroxyl groups is 1. The van der Waals surface area contributed by atoms with E-state index in [1.54, 1.807) is 30.6 Å². The summed E-state index contributed by atoms with van der Waals surface area (Å²) in [6, 6.07) is 19.6. The van der Waals surface area contributed by atoms with E-state index < -0.39 is 0 Å². The lowest BCUT2D eigenvalue weighted by atomic mass is 9.83. The first-order chi connectivity index (χ1) is 19.8. The highest BCUT2D eigenvalue weighted by molar-refractivity contribution is 7.11. The van der Waals surface area contributed by atoms with E-state index in [9.17, 15) is 5.11 Å². The van der Waals surface area contributed by atoms with Gasteiger partial charge in [0.1, 0.15) is 18.1 Å². The first-order valence-corrected chi connectivity index (χ1v) is 14.4. The van der Waals surface area contributed by atoms with Gasteiger partial charge in [-0.1, -0.05) is 47.6 Å². The lowest BCUT2D eigenvalue weighted by Gasteiger charge is -2.35. The van der Waals surface area contributed by atoms with Gasteiger partial charge in [0.25, 0.3) is 0 Å². The molecule has 0 unspecified atom stereocenters. The topological polar surface area (TPSA) is 72.3 Å². The van der Waals surface area contributed by atoms with Gasteiger partial charge in [0.05, 0.1) is 23.9 Å². The molecular weight excluding hydrogens is 532 g/mol. The number of oxime groups is 1. The smallest absolute Gasteiger partial charge is 0.172 e. The molecule has 0 amide bonds. The molecule has 0 saturated carbocycles. The second kappa shape index (κ2) is 10.5. The molecule has 1 aromatic heterocycles. The highest BCUT2D eigenvalue weighted by Crippen LogP contribution is 2.54. The standard InChI is InChI=1S/C34H32N2O4S/c1-20-18-34(3,4)35-25-12-11-24-31(30(20)25)28(40-27-14-13-26(37)33(38-5)32(24)27)17-29-23(15-16-41-29)21(2)36-39-19-22-9-7-6-8-10-22/h6-18,35,37H,19H2,1-5H3/b28-17-,36-21-. The van der Waals surface area contributed by atoms with Crippen LogP contribution in [0.25, 0.3) is 28.5 Å². The van der Waals surface area contributed by atoms with E-state index in [0.717, 1.165) is 55.2 Å². The van der Waals surface area contributed by atoms with Crippen LogP contribution in [0.2, 0.25) is 0 Å². The molecular formula is C34H32N2O4S. The Morgan fingerprint density at radius 1 is 1.05 bits per heavy atom. The Hall–Kier alpha value is -4.49. The van der Waals surface area contributed by atoms with Crippen molar-refractivity contribution in [3.63, 3.8) is 0 Å². The molecule has 0 spiro atoms. The van der Waals surface area contributed by atoms with Crippen molar-refractivity contribution in [1.82, 2.24) is 0 Å². The molecule has 6 rings (SSSR count). The molecule has 4 aromatic rings. The molecule has 2 aliphatic heterocycles. The van der Waals surface area contributed by atoms with Crippen LogP contribution < -0.4 is 14.8 Å². The van der Waals surface area contributed by atoms with Gasteiger partial charge in [-0.2, -0.15) is 0 Å². The third-order valence-corrected chi connectivity index (χ3v) is 8.16. The molecule has 2 aliphatic rings. The number of allylic oxidation sites excluding steroid dienone is 1. The number of benzene rings is 3. The van der Waals surface area contributed by atoms with Crippen molar-refractivity contribution in [1.29, 1.82) is 0 Å². The predicted molar refractivity (Wildman–Crippen MR) is 168 cm³/mol. The molecule has 2 N–H and O–H groups in total. The molecule has 7 heteroatoms. The Labute approximate surface area is 244 Å². The van der Waals surface area contributed by atoms with Crippen LogP contribution in [0, 0.1) is 0 Å². The highest BCUT2D eigenvalue weighted by Gasteiger charge is 2.33. The molecule has 0 bridgehead atoms. The fourth-order valence-corrected chi connectivity index (χ4v) is 6.50. The quantitative estimate of drug-likeness (QED) is 0.181. The Bertz CT molecular complexity index is 1730. The fraction of sp³-hybridized carbons (Fsp3) is 0.206. The minimum atomic E-state index is -0.188. The Balaban J connectivity index is 1.47. The molecule has 6 nitrogen and oxygen atoms in total. The fourth-order valence-electron chi connectivity index (χ4n) is 5.63. The van der Waals surface area contributed by atoms with E-state index in [2.05, 4.69) is 61.6 Å². The summed E-state index contributed by atoms with van der Waals surface area (Å²) in [7, 11) is 1.56. The monoisotopic (exact) mass is 564 g/mol. The Morgan fingerprint density at radius 3 is 2.63 bits per heavy atom. The third kappa shape index (κ3) is 4.98. The summed E-state index contributed by atoms with van der Waals surface area (Å²) in [6.45, 7) is 8.80. The predicted octanol–water partition coefficient (Wildman–Crippen LogP) is 8.57. The van der Waals surface area contributed by atoms with Crippen LogP contribution in [-0.4, -0.2) is 23.5 Å². The van der Waals surface area contributed by atoms with Gasteiger partial charge in [0.15, 0.2) is 11.5 Å². The highest BCUT2D eigenvalue weighted by atomic mass is 32.1. The van der Waals surface area contributed by atoms with Crippen molar-refractivity contribution in [3.8, 4) is 28.4 Å². The van der Waals surface area contributed by atoms with Gasteiger partial charge in [-0.25, -0.2) is 0 Å². The molecule has 3 aromatic carbocycles. The number of hydrogen-bond donors (Lipinski definition) is 2. The molecule has 208 valence electrons. The van der Waals surface area contributed by atoms with E-state index in [1.807, 2.05) is 42.6 Å². The maximum Gasteiger partial charge on any atom is 0.172 e. The van der Waals surface area contributed by atoms with E-state index in [-0.39, 0.29) is 11.3 Å². The zero-order chi connectivity index (χ0) is 28.7.